The van der Waals surface area contributed by atoms with Gasteiger partial charge in [-0.3, -0.25) is 4.79 Å². The van der Waals surface area contributed by atoms with E-state index in [0.717, 1.165) is 12.1 Å². The second kappa shape index (κ2) is 7.44. The number of amides is 1. The maximum absolute atomic E-state index is 13.5. The third-order valence-corrected chi connectivity index (χ3v) is 4.07. The monoisotopic (exact) mass is 376 g/mol. The maximum Gasteiger partial charge on any atom is 0.261 e. The average molecular weight is 376 g/mol. The molecule has 0 unspecified atom stereocenters. The summed E-state index contributed by atoms with van der Waals surface area (Å²) in [5, 5.41) is 3.49. The highest BCUT2D eigenvalue weighted by Gasteiger charge is 2.13. The van der Waals surface area contributed by atoms with Crippen molar-refractivity contribution in [3.05, 3.63) is 102 Å². The lowest BCUT2D eigenvalue weighted by Gasteiger charge is -2.07. The number of carbonyl (C=O) groups is 1. The SMILES string of the molecule is O=C(Nc1ccccc1)c1cc2ccccc2oc1=Nc1ccc(F)c(F)c1. The molecule has 1 amide bonds. The fourth-order valence-corrected chi connectivity index (χ4v) is 2.71. The minimum absolute atomic E-state index is 0.00172. The van der Waals surface area contributed by atoms with Gasteiger partial charge >= 0.3 is 0 Å². The third kappa shape index (κ3) is 3.66. The van der Waals surface area contributed by atoms with Crippen LogP contribution in [0.4, 0.5) is 20.2 Å². The van der Waals surface area contributed by atoms with Gasteiger partial charge in [-0.15, -0.1) is 0 Å². The predicted molar refractivity (Wildman–Crippen MR) is 102 cm³/mol. The Morgan fingerprint density at radius 2 is 1.61 bits per heavy atom. The first kappa shape index (κ1) is 17.6. The standard InChI is InChI=1S/C22H14F2N2O2/c23-18-11-10-16(13-19(18)24)26-22-17(12-14-6-4-5-9-20(14)28-22)21(27)25-15-7-2-1-3-8-15/h1-13H,(H,25,27). The molecular weight excluding hydrogens is 362 g/mol. The maximum atomic E-state index is 13.5. The lowest BCUT2D eigenvalue weighted by Crippen LogP contribution is -2.21. The second-order valence-electron chi connectivity index (χ2n) is 6.03. The van der Waals surface area contributed by atoms with E-state index in [4.69, 9.17) is 4.42 Å². The van der Waals surface area contributed by atoms with Crippen molar-refractivity contribution in [1.29, 1.82) is 0 Å². The Kier molecular flexibility index (Phi) is 4.68. The van der Waals surface area contributed by atoms with Gasteiger partial charge in [-0.2, -0.15) is 0 Å². The van der Waals surface area contributed by atoms with Crippen molar-refractivity contribution in [2.75, 3.05) is 5.32 Å². The Bertz CT molecular complexity index is 1230. The van der Waals surface area contributed by atoms with Gasteiger partial charge in [-0.1, -0.05) is 36.4 Å². The van der Waals surface area contributed by atoms with E-state index in [0.29, 0.717) is 16.7 Å². The summed E-state index contributed by atoms with van der Waals surface area (Å²) in [7, 11) is 0. The van der Waals surface area contributed by atoms with Gasteiger partial charge in [0, 0.05) is 17.1 Å². The van der Waals surface area contributed by atoms with Crippen molar-refractivity contribution >= 4 is 28.3 Å². The number of hydrogen-bond donors (Lipinski definition) is 1. The Hall–Kier alpha value is -3.80. The van der Waals surface area contributed by atoms with Crippen LogP contribution in [0.2, 0.25) is 0 Å². The van der Waals surface area contributed by atoms with Crippen LogP contribution in [0.3, 0.4) is 0 Å². The van der Waals surface area contributed by atoms with Crippen LogP contribution in [0, 0.1) is 11.6 Å². The van der Waals surface area contributed by atoms with Gasteiger partial charge in [-0.05, 0) is 36.4 Å². The smallest absolute Gasteiger partial charge is 0.261 e. The lowest BCUT2D eigenvalue weighted by molar-refractivity contribution is 0.102. The van der Waals surface area contributed by atoms with Gasteiger partial charge in [0.05, 0.1) is 5.69 Å². The molecule has 0 bridgehead atoms. The molecule has 0 fully saturated rings. The summed E-state index contributed by atoms with van der Waals surface area (Å²) in [5.41, 5.74) is 1.43. The molecule has 4 rings (SSSR count). The topological polar surface area (TPSA) is 54.6 Å². The molecule has 0 saturated carbocycles. The van der Waals surface area contributed by atoms with E-state index in [1.54, 1.807) is 48.5 Å². The molecule has 4 nitrogen and oxygen atoms in total. The zero-order valence-corrected chi connectivity index (χ0v) is 14.5. The van der Waals surface area contributed by atoms with E-state index in [2.05, 4.69) is 10.3 Å². The first-order valence-electron chi connectivity index (χ1n) is 8.49. The van der Waals surface area contributed by atoms with Gasteiger partial charge in [0.25, 0.3) is 5.91 Å². The number of hydrogen-bond acceptors (Lipinski definition) is 3. The molecule has 6 heteroatoms. The van der Waals surface area contributed by atoms with E-state index in [1.807, 2.05) is 12.1 Å². The fraction of sp³-hybridized carbons (Fsp3) is 0. The van der Waals surface area contributed by atoms with E-state index in [-0.39, 0.29) is 16.8 Å². The summed E-state index contributed by atoms with van der Waals surface area (Å²) >= 11 is 0. The molecule has 1 aromatic heterocycles. The van der Waals surface area contributed by atoms with Gasteiger partial charge in [0.2, 0.25) is 5.55 Å². The molecule has 0 radical (unpaired) electrons. The number of carbonyl (C=O) groups excluding carboxylic acids is 1. The highest BCUT2D eigenvalue weighted by molar-refractivity contribution is 6.05. The van der Waals surface area contributed by atoms with E-state index < -0.39 is 17.5 Å². The molecule has 138 valence electrons. The molecule has 3 aromatic carbocycles. The second-order valence-corrected chi connectivity index (χ2v) is 6.03. The van der Waals surface area contributed by atoms with Gasteiger partial charge in [0.1, 0.15) is 11.1 Å². The number of rotatable bonds is 3. The van der Waals surface area contributed by atoms with Gasteiger partial charge in [-0.25, -0.2) is 13.8 Å². The number of benzene rings is 3. The number of anilines is 1. The van der Waals surface area contributed by atoms with Crippen LogP contribution < -0.4 is 10.9 Å². The minimum Gasteiger partial charge on any atom is -0.438 e. The van der Waals surface area contributed by atoms with E-state index >= 15 is 0 Å². The Labute approximate surface area is 158 Å². The van der Waals surface area contributed by atoms with E-state index in [1.165, 1.54) is 6.07 Å². The molecule has 0 aliphatic rings. The van der Waals surface area contributed by atoms with Crippen LogP contribution in [0.25, 0.3) is 11.0 Å². The Morgan fingerprint density at radius 1 is 0.857 bits per heavy atom. The van der Waals surface area contributed by atoms with Crippen LogP contribution in [0.15, 0.2) is 88.3 Å². The quantitative estimate of drug-likeness (QED) is 0.535. The summed E-state index contributed by atoms with van der Waals surface area (Å²) in [6, 6.07) is 21.0. The van der Waals surface area contributed by atoms with Crippen molar-refractivity contribution in [1.82, 2.24) is 0 Å². The lowest BCUT2D eigenvalue weighted by atomic mass is 10.1. The molecule has 4 aromatic rings. The zero-order valence-electron chi connectivity index (χ0n) is 14.5. The van der Waals surface area contributed by atoms with Crippen LogP contribution >= 0.6 is 0 Å². The largest absolute Gasteiger partial charge is 0.438 e. The van der Waals surface area contributed by atoms with Crippen LogP contribution in [-0.4, -0.2) is 5.91 Å². The van der Waals surface area contributed by atoms with Crippen LogP contribution in [-0.2, 0) is 0 Å². The van der Waals surface area contributed by atoms with Crippen LogP contribution in [0.5, 0.6) is 0 Å². The summed E-state index contributed by atoms with van der Waals surface area (Å²) in [6.07, 6.45) is 0. The first-order valence-corrected chi connectivity index (χ1v) is 8.49. The fourth-order valence-electron chi connectivity index (χ4n) is 2.71. The number of halogens is 2. The summed E-state index contributed by atoms with van der Waals surface area (Å²) < 4.78 is 32.5. The van der Waals surface area contributed by atoms with E-state index in [9.17, 15) is 13.6 Å². The number of nitrogens with zero attached hydrogens (tertiary/aromatic N) is 1. The summed E-state index contributed by atoms with van der Waals surface area (Å²) in [5.74, 6) is -2.43. The van der Waals surface area contributed by atoms with Crippen LogP contribution in [0.1, 0.15) is 10.4 Å². The van der Waals surface area contributed by atoms with Crippen molar-refractivity contribution in [3.63, 3.8) is 0 Å². The normalized spacial score (nSPS) is 11.6. The van der Waals surface area contributed by atoms with Crippen molar-refractivity contribution in [3.8, 4) is 0 Å². The highest BCUT2D eigenvalue weighted by Crippen LogP contribution is 2.18. The number of nitrogens with one attached hydrogen (secondary N) is 1. The molecular formula is C22H14F2N2O2. The molecule has 1 heterocycles. The molecule has 0 aliphatic carbocycles. The average Bonchev–Trinajstić information content (AvgIpc) is 2.71. The summed E-state index contributed by atoms with van der Waals surface area (Å²) in [6.45, 7) is 0. The van der Waals surface area contributed by atoms with Crippen molar-refractivity contribution < 1.29 is 18.0 Å². The molecule has 0 saturated heterocycles. The molecule has 0 aliphatic heterocycles. The van der Waals surface area contributed by atoms with Gasteiger partial charge in [0.15, 0.2) is 11.6 Å². The third-order valence-electron chi connectivity index (χ3n) is 4.07. The van der Waals surface area contributed by atoms with Gasteiger partial charge < -0.3 is 9.73 Å². The molecule has 28 heavy (non-hydrogen) atoms. The first-order chi connectivity index (χ1) is 13.6. The summed E-state index contributed by atoms with van der Waals surface area (Å²) in [4.78, 5) is 17.0. The molecule has 0 atom stereocenters. The minimum atomic E-state index is -1.03. The highest BCUT2D eigenvalue weighted by atomic mass is 19.2. The number of fused-ring (bicyclic) bond motifs is 1. The zero-order chi connectivity index (χ0) is 19.5. The molecule has 0 spiro atoms. The molecule has 1 N–H and O–H groups in total. The Balaban J connectivity index is 1.85. The Morgan fingerprint density at radius 3 is 2.39 bits per heavy atom. The number of para-hydroxylation sites is 2. The predicted octanol–water partition coefficient (Wildman–Crippen LogP) is 5.20. The van der Waals surface area contributed by atoms with Crippen molar-refractivity contribution in [2.24, 2.45) is 4.99 Å². The van der Waals surface area contributed by atoms with Crippen molar-refractivity contribution in [2.45, 2.75) is 0 Å².